The fraction of sp³-hybridized carbons (Fsp3) is 0.200. The third kappa shape index (κ3) is 3.59. The number of anilines is 1. The van der Waals surface area contributed by atoms with Gasteiger partial charge < -0.3 is 15.2 Å². The van der Waals surface area contributed by atoms with Gasteiger partial charge in [0.15, 0.2) is 0 Å². The van der Waals surface area contributed by atoms with E-state index in [0.29, 0.717) is 11.3 Å². The predicted octanol–water partition coefficient (Wildman–Crippen LogP) is 4.03. The number of benzene rings is 2. The molecule has 3 nitrogen and oxygen atoms in total. The molecule has 0 spiro atoms. The molecule has 6 heteroatoms. The van der Waals surface area contributed by atoms with Gasteiger partial charge in [0, 0.05) is 23.9 Å². The van der Waals surface area contributed by atoms with Crippen molar-refractivity contribution in [2.24, 2.45) is 0 Å². The zero-order valence-electron chi connectivity index (χ0n) is 11.2. The Bertz CT molecular complexity index is 627. The zero-order chi connectivity index (χ0) is 15.5. The monoisotopic (exact) mass is 297 g/mol. The minimum Gasteiger partial charge on any atom is -0.507 e. The zero-order valence-corrected chi connectivity index (χ0v) is 11.2. The molecule has 0 fully saturated rings. The van der Waals surface area contributed by atoms with Crippen LogP contribution < -0.4 is 10.1 Å². The number of hydrogen-bond acceptors (Lipinski definition) is 3. The third-order valence-electron chi connectivity index (χ3n) is 2.99. The molecule has 112 valence electrons. The lowest BCUT2D eigenvalue weighted by Crippen LogP contribution is -2.10. The Balaban J connectivity index is 2.17. The fourth-order valence-corrected chi connectivity index (χ4v) is 1.90. The second-order valence-corrected chi connectivity index (χ2v) is 4.39. The van der Waals surface area contributed by atoms with Crippen LogP contribution in [0.5, 0.6) is 11.5 Å². The lowest BCUT2D eigenvalue weighted by Gasteiger charge is -2.15. The Morgan fingerprint density at radius 3 is 2.48 bits per heavy atom. The summed E-state index contributed by atoms with van der Waals surface area (Å²) in [5, 5.41) is 12.5. The van der Waals surface area contributed by atoms with Crippen LogP contribution in [-0.4, -0.2) is 12.2 Å². The van der Waals surface area contributed by atoms with Gasteiger partial charge in [0.05, 0.1) is 12.7 Å². The first-order valence-corrected chi connectivity index (χ1v) is 6.18. The Morgan fingerprint density at radius 2 is 1.86 bits per heavy atom. The fourth-order valence-electron chi connectivity index (χ4n) is 1.90. The van der Waals surface area contributed by atoms with Crippen molar-refractivity contribution in [3.05, 3.63) is 53.6 Å². The number of phenols is 1. The molecular weight excluding hydrogens is 283 g/mol. The number of hydrogen-bond donors (Lipinski definition) is 2. The SMILES string of the molecule is COc1ccc(CNc2ccccc2C(F)(F)F)c(O)c1. The smallest absolute Gasteiger partial charge is 0.418 e. The summed E-state index contributed by atoms with van der Waals surface area (Å²) in [5.41, 5.74) is -0.286. The van der Waals surface area contributed by atoms with Crippen molar-refractivity contribution in [1.82, 2.24) is 0 Å². The van der Waals surface area contributed by atoms with Crippen molar-refractivity contribution >= 4 is 5.69 Å². The molecule has 0 atom stereocenters. The van der Waals surface area contributed by atoms with Crippen LogP contribution in [0, 0.1) is 0 Å². The van der Waals surface area contributed by atoms with E-state index in [1.807, 2.05) is 0 Å². The van der Waals surface area contributed by atoms with Gasteiger partial charge in [-0.25, -0.2) is 0 Å². The number of ether oxygens (including phenoxy) is 1. The molecule has 0 heterocycles. The van der Waals surface area contributed by atoms with Gasteiger partial charge in [0.2, 0.25) is 0 Å². The average molecular weight is 297 g/mol. The van der Waals surface area contributed by atoms with Crippen LogP contribution in [0.2, 0.25) is 0 Å². The van der Waals surface area contributed by atoms with Gasteiger partial charge in [-0.2, -0.15) is 13.2 Å². The molecular formula is C15H14F3NO2. The maximum absolute atomic E-state index is 12.8. The van der Waals surface area contributed by atoms with Gasteiger partial charge in [-0.1, -0.05) is 12.1 Å². The van der Waals surface area contributed by atoms with Crippen molar-refractivity contribution in [3.8, 4) is 11.5 Å². The number of halogens is 3. The van der Waals surface area contributed by atoms with Crippen LogP contribution in [0.1, 0.15) is 11.1 Å². The van der Waals surface area contributed by atoms with Crippen molar-refractivity contribution < 1.29 is 23.0 Å². The first-order valence-electron chi connectivity index (χ1n) is 6.18. The van der Waals surface area contributed by atoms with Crippen molar-refractivity contribution in [2.45, 2.75) is 12.7 Å². The summed E-state index contributed by atoms with van der Waals surface area (Å²) in [7, 11) is 1.46. The van der Waals surface area contributed by atoms with E-state index in [9.17, 15) is 18.3 Å². The normalized spacial score (nSPS) is 11.2. The Hall–Kier alpha value is -2.37. The Morgan fingerprint density at radius 1 is 1.14 bits per heavy atom. The highest BCUT2D eigenvalue weighted by Gasteiger charge is 2.33. The number of para-hydroxylation sites is 1. The van der Waals surface area contributed by atoms with Crippen molar-refractivity contribution in [2.75, 3.05) is 12.4 Å². The number of alkyl halides is 3. The van der Waals surface area contributed by atoms with E-state index in [0.717, 1.165) is 6.07 Å². The van der Waals surface area contributed by atoms with Gasteiger partial charge in [-0.3, -0.25) is 0 Å². The molecule has 0 aromatic heterocycles. The van der Waals surface area contributed by atoms with E-state index in [1.165, 1.54) is 31.4 Å². The molecule has 21 heavy (non-hydrogen) atoms. The number of phenolic OH excluding ortho intramolecular Hbond substituents is 1. The minimum atomic E-state index is -4.43. The second-order valence-electron chi connectivity index (χ2n) is 4.39. The van der Waals surface area contributed by atoms with Crippen molar-refractivity contribution in [1.29, 1.82) is 0 Å². The summed E-state index contributed by atoms with van der Waals surface area (Å²) in [6.07, 6.45) is -4.43. The number of methoxy groups -OCH3 is 1. The van der Waals surface area contributed by atoms with Crippen LogP contribution in [-0.2, 0) is 12.7 Å². The number of nitrogens with one attached hydrogen (secondary N) is 1. The molecule has 0 aliphatic rings. The average Bonchev–Trinajstić information content (AvgIpc) is 2.45. The molecule has 0 unspecified atom stereocenters. The summed E-state index contributed by atoms with van der Waals surface area (Å²) < 4.78 is 43.5. The number of aromatic hydroxyl groups is 1. The van der Waals surface area contributed by atoms with Crippen LogP contribution >= 0.6 is 0 Å². The summed E-state index contributed by atoms with van der Waals surface area (Å²) in [6, 6.07) is 9.85. The van der Waals surface area contributed by atoms with Gasteiger partial charge in [0.25, 0.3) is 0 Å². The minimum absolute atomic E-state index is 0.0276. The van der Waals surface area contributed by atoms with E-state index in [1.54, 1.807) is 12.1 Å². The van der Waals surface area contributed by atoms with Gasteiger partial charge in [-0.15, -0.1) is 0 Å². The molecule has 0 aliphatic carbocycles. The molecule has 2 N–H and O–H groups in total. The highest BCUT2D eigenvalue weighted by molar-refractivity contribution is 5.53. The highest BCUT2D eigenvalue weighted by Crippen LogP contribution is 2.35. The van der Waals surface area contributed by atoms with E-state index >= 15 is 0 Å². The Labute approximate surface area is 120 Å². The Kier molecular flexibility index (Phi) is 4.26. The number of rotatable bonds is 4. The third-order valence-corrected chi connectivity index (χ3v) is 2.99. The molecule has 0 saturated heterocycles. The molecule has 2 aromatic rings. The largest absolute Gasteiger partial charge is 0.507 e. The van der Waals surface area contributed by atoms with Crippen LogP contribution in [0.4, 0.5) is 18.9 Å². The van der Waals surface area contributed by atoms with Gasteiger partial charge in [0.1, 0.15) is 11.5 Å². The molecule has 0 aliphatic heterocycles. The maximum Gasteiger partial charge on any atom is 0.418 e. The topological polar surface area (TPSA) is 41.5 Å². The first kappa shape index (κ1) is 15.0. The summed E-state index contributed by atoms with van der Waals surface area (Å²) >= 11 is 0. The highest BCUT2D eigenvalue weighted by atomic mass is 19.4. The lowest BCUT2D eigenvalue weighted by atomic mass is 10.1. The molecule has 2 rings (SSSR count). The van der Waals surface area contributed by atoms with Crippen molar-refractivity contribution in [3.63, 3.8) is 0 Å². The lowest BCUT2D eigenvalue weighted by molar-refractivity contribution is -0.136. The first-order chi connectivity index (χ1) is 9.91. The molecule has 0 radical (unpaired) electrons. The molecule has 0 saturated carbocycles. The van der Waals surface area contributed by atoms with E-state index < -0.39 is 11.7 Å². The molecule has 2 aromatic carbocycles. The summed E-state index contributed by atoms with van der Waals surface area (Å²) in [4.78, 5) is 0. The van der Waals surface area contributed by atoms with Crippen LogP contribution in [0.25, 0.3) is 0 Å². The van der Waals surface area contributed by atoms with Crippen LogP contribution in [0.15, 0.2) is 42.5 Å². The molecule has 0 bridgehead atoms. The maximum atomic E-state index is 12.8. The van der Waals surface area contributed by atoms with Gasteiger partial charge >= 0.3 is 6.18 Å². The predicted molar refractivity (Wildman–Crippen MR) is 73.4 cm³/mol. The standard InChI is InChI=1S/C15H14F3NO2/c1-21-11-7-6-10(14(20)8-11)9-19-13-5-3-2-4-12(13)15(16,17)18/h2-8,19-20H,9H2,1H3. The summed E-state index contributed by atoms with van der Waals surface area (Å²) in [6.45, 7) is 0.0723. The van der Waals surface area contributed by atoms with E-state index in [4.69, 9.17) is 4.74 Å². The second kappa shape index (κ2) is 5.95. The van der Waals surface area contributed by atoms with E-state index in [2.05, 4.69) is 5.32 Å². The van der Waals surface area contributed by atoms with Crippen LogP contribution in [0.3, 0.4) is 0 Å². The molecule has 0 amide bonds. The summed E-state index contributed by atoms with van der Waals surface area (Å²) in [5.74, 6) is 0.443. The van der Waals surface area contributed by atoms with E-state index in [-0.39, 0.29) is 18.0 Å². The van der Waals surface area contributed by atoms with Gasteiger partial charge in [-0.05, 0) is 24.3 Å². The quantitative estimate of drug-likeness (QED) is 0.895.